The molecule has 0 amide bonds. The average Bonchev–Trinajstić information content (AvgIpc) is 2.61. The van der Waals surface area contributed by atoms with E-state index in [1.807, 2.05) is 6.07 Å². The maximum absolute atomic E-state index is 5.42. The Morgan fingerprint density at radius 2 is 1.86 bits per heavy atom. The molecule has 1 aliphatic rings. The quantitative estimate of drug-likeness (QED) is 0.439. The monoisotopic (exact) mass is 417 g/mol. The zero-order valence-corrected chi connectivity index (χ0v) is 18.4. The highest BCUT2D eigenvalue weighted by atomic mass is 32.2. The third kappa shape index (κ3) is 6.27. The number of piperidine rings is 1. The molecule has 1 saturated heterocycles. The van der Waals surface area contributed by atoms with E-state index >= 15 is 0 Å². The molecular weight excluding hydrogens is 390 g/mol. The second kappa shape index (κ2) is 9.00. The second-order valence-corrected chi connectivity index (χ2v) is 9.42. The van der Waals surface area contributed by atoms with Gasteiger partial charge in [-0.05, 0) is 69.6 Å². The smallest absolute Gasteiger partial charge is 0.232 e. The Labute approximate surface area is 176 Å². The van der Waals surface area contributed by atoms with Gasteiger partial charge in [0.2, 0.25) is 5.95 Å². The van der Waals surface area contributed by atoms with Crippen molar-refractivity contribution < 1.29 is 0 Å². The topological polar surface area (TPSA) is 78.9 Å². The molecule has 3 heterocycles. The molecule has 2 aromatic heterocycles. The lowest BCUT2D eigenvalue weighted by Crippen LogP contribution is -2.43. The Morgan fingerprint density at radius 1 is 1.18 bits per heavy atom. The van der Waals surface area contributed by atoms with Crippen LogP contribution < -0.4 is 15.5 Å². The van der Waals surface area contributed by atoms with Gasteiger partial charge in [0.1, 0.15) is 10.8 Å². The van der Waals surface area contributed by atoms with Crippen LogP contribution in [0, 0.1) is 5.92 Å². The van der Waals surface area contributed by atoms with E-state index in [1.54, 1.807) is 18.5 Å². The van der Waals surface area contributed by atoms with Gasteiger partial charge in [0.15, 0.2) is 10.3 Å². The Kier molecular flexibility index (Phi) is 6.66. The molecule has 2 aromatic rings. The van der Waals surface area contributed by atoms with Gasteiger partial charge in [-0.3, -0.25) is 0 Å². The van der Waals surface area contributed by atoms with Crippen molar-refractivity contribution in [3.8, 4) is 0 Å². The number of anilines is 2. The summed E-state index contributed by atoms with van der Waals surface area (Å²) in [5.41, 5.74) is -0.139. The molecule has 0 aliphatic carbocycles. The minimum Gasteiger partial charge on any atom is -0.358 e. The molecule has 150 valence electrons. The fourth-order valence-corrected chi connectivity index (χ4v) is 3.93. The molecular formula is C19H27N7S2. The SMILES string of the molecule is CC1CCN(c2cc(Sc3ncccn3)nc(NC(=S)NC(C)(C)C)n2)CC1. The van der Waals surface area contributed by atoms with Crippen molar-refractivity contribution in [3.05, 3.63) is 24.5 Å². The predicted octanol–water partition coefficient (Wildman–Crippen LogP) is 3.74. The average molecular weight is 418 g/mol. The molecule has 0 unspecified atom stereocenters. The molecule has 0 radical (unpaired) electrons. The summed E-state index contributed by atoms with van der Waals surface area (Å²) in [6, 6.07) is 3.80. The fourth-order valence-electron chi connectivity index (χ4n) is 2.83. The molecule has 28 heavy (non-hydrogen) atoms. The first-order valence-electron chi connectivity index (χ1n) is 9.46. The third-order valence-corrected chi connectivity index (χ3v) is 5.26. The van der Waals surface area contributed by atoms with Crippen LogP contribution in [-0.2, 0) is 0 Å². The van der Waals surface area contributed by atoms with Crippen LogP contribution >= 0.6 is 24.0 Å². The largest absolute Gasteiger partial charge is 0.358 e. The summed E-state index contributed by atoms with van der Waals surface area (Å²) in [6.45, 7) is 10.5. The Bertz CT molecular complexity index is 800. The third-order valence-electron chi connectivity index (χ3n) is 4.25. The van der Waals surface area contributed by atoms with Crippen LogP contribution in [-0.4, -0.2) is 43.7 Å². The maximum Gasteiger partial charge on any atom is 0.232 e. The van der Waals surface area contributed by atoms with E-state index in [9.17, 15) is 0 Å². The first-order valence-corrected chi connectivity index (χ1v) is 10.7. The maximum atomic E-state index is 5.42. The zero-order valence-electron chi connectivity index (χ0n) is 16.8. The molecule has 2 N–H and O–H groups in total. The summed E-state index contributed by atoms with van der Waals surface area (Å²) in [5.74, 6) is 2.14. The van der Waals surface area contributed by atoms with Gasteiger partial charge in [-0.1, -0.05) is 6.92 Å². The van der Waals surface area contributed by atoms with E-state index in [0.717, 1.165) is 29.9 Å². The minimum absolute atomic E-state index is 0.139. The Morgan fingerprint density at radius 3 is 2.50 bits per heavy atom. The lowest BCUT2D eigenvalue weighted by Gasteiger charge is -2.31. The van der Waals surface area contributed by atoms with Crippen molar-refractivity contribution in [2.45, 2.75) is 56.3 Å². The highest BCUT2D eigenvalue weighted by Crippen LogP contribution is 2.28. The van der Waals surface area contributed by atoms with E-state index in [1.165, 1.54) is 24.6 Å². The first-order chi connectivity index (χ1) is 13.3. The number of aromatic nitrogens is 4. The van der Waals surface area contributed by atoms with Crippen molar-refractivity contribution in [1.29, 1.82) is 0 Å². The van der Waals surface area contributed by atoms with Gasteiger partial charge in [0.25, 0.3) is 0 Å². The molecule has 7 nitrogen and oxygen atoms in total. The molecule has 3 rings (SSSR count). The normalized spacial score (nSPS) is 15.4. The highest BCUT2D eigenvalue weighted by molar-refractivity contribution is 7.99. The summed E-state index contributed by atoms with van der Waals surface area (Å²) in [7, 11) is 0. The van der Waals surface area contributed by atoms with Gasteiger partial charge >= 0.3 is 0 Å². The number of nitrogens with zero attached hydrogens (tertiary/aromatic N) is 5. The molecule has 0 bridgehead atoms. The van der Waals surface area contributed by atoms with E-state index in [-0.39, 0.29) is 5.54 Å². The Balaban J connectivity index is 1.84. The van der Waals surface area contributed by atoms with Crippen LogP contribution in [0.1, 0.15) is 40.5 Å². The molecule has 0 aromatic carbocycles. The van der Waals surface area contributed by atoms with E-state index in [0.29, 0.717) is 16.2 Å². The van der Waals surface area contributed by atoms with Gasteiger partial charge in [-0.15, -0.1) is 0 Å². The van der Waals surface area contributed by atoms with Gasteiger partial charge < -0.3 is 15.5 Å². The first kappa shape index (κ1) is 20.7. The van der Waals surface area contributed by atoms with Crippen molar-refractivity contribution in [2.24, 2.45) is 5.92 Å². The summed E-state index contributed by atoms with van der Waals surface area (Å²) < 4.78 is 0. The van der Waals surface area contributed by atoms with Crippen molar-refractivity contribution in [3.63, 3.8) is 0 Å². The van der Waals surface area contributed by atoms with E-state index in [4.69, 9.17) is 17.2 Å². The Hall–Kier alpha value is -2.00. The number of hydrogen-bond acceptors (Lipinski definition) is 7. The molecule has 0 atom stereocenters. The number of nitrogens with one attached hydrogen (secondary N) is 2. The lowest BCUT2D eigenvalue weighted by atomic mass is 9.99. The number of thiocarbonyl (C=S) groups is 1. The summed E-state index contributed by atoms with van der Waals surface area (Å²) in [5, 5.41) is 8.31. The number of rotatable bonds is 4. The van der Waals surface area contributed by atoms with Gasteiger partial charge in [0.05, 0.1) is 0 Å². The van der Waals surface area contributed by atoms with Gasteiger partial charge in [0, 0.05) is 37.1 Å². The molecule has 0 saturated carbocycles. The summed E-state index contributed by atoms with van der Waals surface area (Å²) in [4.78, 5) is 20.2. The van der Waals surface area contributed by atoms with Crippen LogP contribution in [0.15, 0.2) is 34.7 Å². The van der Waals surface area contributed by atoms with Crippen molar-refractivity contribution in [1.82, 2.24) is 25.3 Å². The number of hydrogen-bond donors (Lipinski definition) is 2. The molecule has 9 heteroatoms. The lowest BCUT2D eigenvalue weighted by molar-refractivity contribution is 0.436. The molecule has 0 spiro atoms. The molecule has 1 aliphatic heterocycles. The second-order valence-electron chi connectivity index (χ2n) is 8.02. The van der Waals surface area contributed by atoms with Crippen LogP contribution in [0.4, 0.5) is 11.8 Å². The fraction of sp³-hybridized carbons (Fsp3) is 0.526. The van der Waals surface area contributed by atoms with Crippen LogP contribution in [0.3, 0.4) is 0 Å². The highest BCUT2D eigenvalue weighted by Gasteiger charge is 2.20. The molecule has 1 fully saturated rings. The van der Waals surface area contributed by atoms with E-state index < -0.39 is 0 Å². The van der Waals surface area contributed by atoms with E-state index in [2.05, 4.69) is 58.2 Å². The van der Waals surface area contributed by atoms with Gasteiger partial charge in [-0.2, -0.15) is 4.98 Å². The zero-order chi connectivity index (χ0) is 20.1. The summed E-state index contributed by atoms with van der Waals surface area (Å²) in [6.07, 6.45) is 5.79. The predicted molar refractivity (Wildman–Crippen MR) is 118 cm³/mol. The van der Waals surface area contributed by atoms with Crippen LogP contribution in [0.5, 0.6) is 0 Å². The van der Waals surface area contributed by atoms with Crippen molar-refractivity contribution in [2.75, 3.05) is 23.3 Å². The summed E-state index contributed by atoms with van der Waals surface area (Å²) >= 11 is 6.84. The van der Waals surface area contributed by atoms with Crippen LogP contribution in [0.2, 0.25) is 0 Å². The van der Waals surface area contributed by atoms with Crippen molar-refractivity contribution >= 4 is 40.9 Å². The van der Waals surface area contributed by atoms with Gasteiger partial charge in [-0.25, -0.2) is 15.0 Å². The van der Waals surface area contributed by atoms with Crippen LogP contribution in [0.25, 0.3) is 0 Å². The standard InChI is InChI=1S/C19H27N7S2/c1-13-6-10-26(11-7-13)14-12-15(28-18-20-8-5-9-21-18)23-16(22-14)24-17(27)25-19(2,3)4/h5,8-9,12-13H,6-7,10-11H2,1-4H3,(H2,22,23,24,25,27). The minimum atomic E-state index is -0.139.